The summed E-state index contributed by atoms with van der Waals surface area (Å²) in [6.07, 6.45) is 5.90. The van der Waals surface area contributed by atoms with Crippen molar-refractivity contribution in [2.24, 2.45) is 5.92 Å². The Balaban J connectivity index is 1.44. The molecule has 160 valence electrons. The average Bonchev–Trinajstić information content (AvgIpc) is 3.50. The lowest BCUT2D eigenvalue weighted by atomic mass is 9.82. The number of carboxylic acids is 1. The van der Waals surface area contributed by atoms with Crippen LogP contribution in [0.4, 0.5) is 0 Å². The van der Waals surface area contributed by atoms with E-state index in [1.165, 1.54) is 11.1 Å². The van der Waals surface area contributed by atoms with E-state index >= 15 is 0 Å². The van der Waals surface area contributed by atoms with Gasteiger partial charge < -0.3 is 15.3 Å². The van der Waals surface area contributed by atoms with E-state index in [0.717, 1.165) is 50.5 Å². The molecule has 3 N–H and O–H groups in total. The van der Waals surface area contributed by atoms with Crippen molar-refractivity contribution in [2.75, 3.05) is 0 Å². The number of hydrogen-bond donors (Lipinski definition) is 3. The van der Waals surface area contributed by atoms with Gasteiger partial charge in [-0.15, -0.1) is 0 Å². The Morgan fingerprint density at radius 3 is 2.30 bits per heavy atom. The van der Waals surface area contributed by atoms with Crippen LogP contribution in [0.25, 0.3) is 0 Å². The molecule has 2 saturated carbocycles. The zero-order valence-electron chi connectivity index (χ0n) is 17.6. The van der Waals surface area contributed by atoms with Gasteiger partial charge in [-0.05, 0) is 85.6 Å². The molecular formula is C26H32O4. The monoisotopic (exact) mass is 408 g/mol. The molecule has 4 heteroatoms. The van der Waals surface area contributed by atoms with Crippen LogP contribution >= 0.6 is 0 Å². The number of carboxylic acid groups (broad SMARTS) is 1. The molecule has 4 rings (SSSR count). The zero-order valence-corrected chi connectivity index (χ0v) is 17.6. The van der Waals surface area contributed by atoms with Crippen molar-refractivity contribution in [1.82, 2.24) is 0 Å². The lowest BCUT2D eigenvalue weighted by molar-refractivity contribution is 0.0697. The molecule has 30 heavy (non-hydrogen) atoms. The van der Waals surface area contributed by atoms with Gasteiger partial charge in [-0.1, -0.05) is 43.3 Å². The fourth-order valence-corrected chi connectivity index (χ4v) is 5.40. The normalized spacial score (nSPS) is 25.8. The lowest BCUT2D eigenvalue weighted by Crippen LogP contribution is -2.25. The van der Waals surface area contributed by atoms with E-state index in [1.807, 2.05) is 19.1 Å². The maximum Gasteiger partial charge on any atom is 0.335 e. The first-order chi connectivity index (χ1) is 14.4. The Morgan fingerprint density at radius 1 is 1.07 bits per heavy atom. The molecule has 0 aromatic heterocycles. The van der Waals surface area contributed by atoms with Gasteiger partial charge in [0.15, 0.2) is 0 Å². The van der Waals surface area contributed by atoms with Gasteiger partial charge in [0.05, 0.1) is 17.8 Å². The molecule has 0 aliphatic heterocycles. The summed E-state index contributed by atoms with van der Waals surface area (Å²) in [4.78, 5) is 11.0. The van der Waals surface area contributed by atoms with Crippen molar-refractivity contribution in [2.45, 2.75) is 75.4 Å². The number of aliphatic hydroxyl groups is 2. The fourth-order valence-electron chi connectivity index (χ4n) is 5.40. The highest BCUT2D eigenvalue weighted by Gasteiger charge is 2.49. The molecule has 4 atom stereocenters. The molecule has 0 amide bonds. The number of aromatic carboxylic acids is 1. The first-order valence-corrected chi connectivity index (χ1v) is 11.2. The van der Waals surface area contributed by atoms with Crippen LogP contribution in [0.2, 0.25) is 0 Å². The summed E-state index contributed by atoms with van der Waals surface area (Å²) in [6, 6.07) is 15.8. The van der Waals surface area contributed by atoms with Gasteiger partial charge in [0.1, 0.15) is 0 Å². The van der Waals surface area contributed by atoms with Crippen LogP contribution in [0.3, 0.4) is 0 Å². The predicted octanol–water partition coefficient (Wildman–Crippen LogP) is 4.67. The van der Waals surface area contributed by atoms with Gasteiger partial charge in [0.2, 0.25) is 0 Å². The summed E-state index contributed by atoms with van der Waals surface area (Å²) in [6.45, 7) is 2.04. The van der Waals surface area contributed by atoms with E-state index < -0.39 is 5.97 Å². The van der Waals surface area contributed by atoms with Crippen LogP contribution in [0.15, 0.2) is 48.5 Å². The third-order valence-corrected chi connectivity index (χ3v) is 7.48. The van der Waals surface area contributed by atoms with E-state index in [4.69, 9.17) is 5.11 Å². The van der Waals surface area contributed by atoms with Crippen LogP contribution < -0.4 is 0 Å². The molecule has 0 spiro atoms. The second-order valence-electron chi connectivity index (χ2n) is 9.16. The summed E-state index contributed by atoms with van der Waals surface area (Å²) in [5.74, 6) is -0.347. The number of hydrogen-bond acceptors (Lipinski definition) is 3. The topological polar surface area (TPSA) is 77.8 Å². The maximum atomic E-state index is 11.0. The highest BCUT2D eigenvalue weighted by atomic mass is 16.4. The van der Waals surface area contributed by atoms with Crippen molar-refractivity contribution >= 4 is 5.97 Å². The quantitative estimate of drug-likeness (QED) is 0.593. The Bertz CT molecular complexity index is 867. The van der Waals surface area contributed by atoms with E-state index in [1.54, 1.807) is 12.1 Å². The summed E-state index contributed by atoms with van der Waals surface area (Å²) < 4.78 is 0. The highest BCUT2D eigenvalue weighted by Crippen LogP contribution is 2.52. The first-order valence-electron chi connectivity index (χ1n) is 11.2. The predicted molar refractivity (Wildman–Crippen MR) is 117 cm³/mol. The minimum atomic E-state index is -0.907. The summed E-state index contributed by atoms with van der Waals surface area (Å²) in [5.41, 5.74) is 3.90. The number of aryl methyl sites for hydroxylation is 1. The second kappa shape index (κ2) is 8.52. The lowest BCUT2D eigenvalue weighted by Gasteiger charge is -2.25. The van der Waals surface area contributed by atoms with Gasteiger partial charge >= 0.3 is 5.97 Å². The smallest absolute Gasteiger partial charge is 0.335 e. The largest absolute Gasteiger partial charge is 0.478 e. The number of carbonyl (C=O) groups is 1. The van der Waals surface area contributed by atoms with Crippen molar-refractivity contribution in [1.29, 1.82) is 0 Å². The minimum Gasteiger partial charge on any atom is -0.478 e. The third kappa shape index (κ3) is 4.03. The molecular weight excluding hydrogens is 376 g/mol. The van der Waals surface area contributed by atoms with Crippen molar-refractivity contribution in [3.63, 3.8) is 0 Å². The standard InChI is InChI=1S/C26H32O4/c1-2-24(28)26(15-16-26)20-10-8-18(9-11-20)21-13-14-23(27)22(21)12-5-17-3-6-19(7-4-17)25(29)30/h3-4,6-11,21-24,27-28H,2,5,12-16H2,1H3,(H,29,30). The van der Waals surface area contributed by atoms with E-state index in [2.05, 4.69) is 24.3 Å². The van der Waals surface area contributed by atoms with E-state index in [-0.39, 0.29) is 23.5 Å². The van der Waals surface area contributed by atoms with Crippen LogP contribution in [-0.2, 0) is 11.8 Å². The summed E-state index contributed by atoms with van der Waals surface area (Å²) in [5, 5.41) is 30.1. The van der Waals surface area contributed by atoms with Crippen LogP contribution in [-0.4, -0.2) is 33.5 Å². The fraction of sp³-hybridized carbons (Fsp3) is 0.500. The average molecular weight is 409 g/mol. The van der Waals surface area contributed by atoms with Crippen LogP contribution in [0.1, 0.15) is 78.4 Å². The summed E-state index contributed by atoms with van der Waals surface area (Å²) >= 11 is 0. The van der Waals surface area contributed by atoms with Crippen molar-refractivity contribution in [3.8, 4) is 0 Å². The maximum absolute atomic E-state index is 11.0. The number of benzene rings is 2. The molecule has 0 radical (unpaired) electrons. The Labute approximate surface area is 178 Å². The van der Waals surface area contributed by atoms with E-state index in [9.17, 15) is 15.0 Å². The Kier molecular flexibility index (Phi) is 5.99. The Hall–Kier alpha value is -2.17. The minimum absolute atomic E-state index is 0.0377. The second-order valence-corrected chi connectivity index (χ2v) is 9.16. The molecule has 2 aromatic carbocycles. The molecule has 2 aliphatic carbocycles. The SMILES string of the molecule is CCC(O)C1(c2ccc(C3CCC(O)C3CCc3ccc(C(=O)O)cc3)cc2)CC1. The third-order valence-electron chi connectivity index (χ3n) is 7.48. The van der Waals surface area contributed by atoms with Gasteiger partial charge in [0.25, 0.3) is 0 Å². The zero-order chi connectivity index (χ0) is 21.3. The van der Waals surface area contributed by atoms with Gasteiger partial charge in [-0.2, -0.15) is 0 Å². The molecule has 0 heterocycles. The van der Waals surface area contributed by atoms with Crippen LogP contribution in [0.5, 0.6) is 0 Å². The number of aliphatic hydroxyl groups excluding tert-OH is 2. The highest BCUT2D eigenvalue weighted by molar-refractivity contribution is 5.87. The summed E-state index contributed by atoms with van der Waals surface area (Å²) in [7, 11) is 0. The van der Waals surface area contributed by atoms with Crippen molar-refractivity contribution in [3.05, 3.63) is 70.8 Å². The van der Waals surface area contributed by atoms with Crippen LogP contribution in [0, 0.1) is 5.92 Å². The number of rotatable bonds is 8. The first kappa shape index (κ1) is 21.1. The molecule has 2 aromatic rings. The van der Waals surface area contributed by atoms with Gasteiger partial charge in [-0.25, -0.2) is 4.79 Å². The molecule has 4 unspecified atom stereocenters. The van der Waals surface area contributed by atoms with Gasteiger partial charge in [-0.3, -0.25) is 0 Å². The van der Waals surface area contributed by atoms with Crippen molar-refractivity contribution < 1.29 is 20.1 Å². The van der Waals surface area contributed by atoms with E-state index in [0.29, 0.717) is 11.5 Å². The van der Waals surface area contributed by atoms with Gasteiger partial charge in [0, 0.05) is 5.41 Å². The molecule has 0 bridgehead atoms. The Morgan fingerprint density at radius 2 is 1.73 bits per heavy atom. The molecule has 4 nitrogen and oxygen atoms in total. The molecule has 2 aliphatic rings. The molecule has 2 fully saturated rings. The molecule has 0 saturated heterocycles.